The zero-order chi connectivity index (χ0) is 26.7. The summed E-state index contributed by atoms with van der Waals surface area (Å²) in [6, 6.07) is 13.8. The quantitative estimate of drug-likeness (QED) is 0.217. The Labute approximate surface area is 210 Å². The van der Waals surface area contributed by atoms with Crippen LogP contribution in [0.4, 0.5) is 5.69 Å². The molecule has 0 fully saturated rings. The molecule has 0 saturated heterocycles. The fourth-order valence-corrected chi connectivity index (χ4v) is 3.94. The smallest absolute Gasteiger partial charge is 0.339 e. The average Bonchev–Trinajstić information content (AvgIpc) is 3.42. The van der Waals surface area contributed by atoms with Crippen LogP contribution in [0, 0.1) is 0 Å². The summed E-state index contributed by atoms with van der Waals surface area (Å²) in [7, 11) is 0. The van der Waals surface area contributed by atoms with Gasteiger partial charge in [-0.15, -0.1) is 0 Å². The molecule has 1 heterocycles. The van der Waals surface area contributed by atoms with Gasteiger partial charge in [0.25, 0.3) is 5.91 Å². The predicted molar refractivity (Wildman–Crippen MR) is 134 cm³/mol. The first-order valence-corrected chi connectivity index (χ1v) is 11.1. The maximum Gasteiger partial charge on any atom is 0.339 e. The molecule has 10 heteroatoms. The lowest BCUT2D eigenvalue weighted by Gasteiger charge is -2.15. The van der Waals surface area contributed by atoms with Crippen LogP contribution in [0.1, 0.15) is 54.8 Å². The van der Waals surface area contributed by atoms with Gasteiger partial charge in [0, 0.05) is 17.5 Å². The molecular weight excluding hydrogens is 478 g/mol. The number of hydrogen-bond donors (Lipinski definition) is 5. The molecule has 3 aromatic carbocycles. The Balaban J connectivity index is 1.83. The van der Waals surface area contributed by atoms with Crippen LogP contribution in [0.3, 0.4) is 0 Å². The van der Waals surface area contributed by atoms with E-state index in [9.17, 15) is 34.5 Å². The number of carboxylic acid groups (broad SMARTS) is 2. The van der Waals surface area contributed by atoms with Crippen LogP contribution < -0.4 is 5.32 Å². The first-order valence-electron chi connectivity index (χ1n) is 11.1. The summed E-state index contributed by atoms with van der Waals surface area (Å²) in [4.78, 5) is 56.1. The van der Waals surface area contributed by atoms with Crippen molar-refractivity contribution >= 4 is 29.3 Å². The van der Waals surface area contributed by atoms with Crippen LogP contribution >= 0.6 is 0 Å². The second-order valence-corrected chi connectivity index (χ2v) is 8.03. The first-order chi connectivity index (χ1) is 17.7. The highest BCUT2D eigenvalue weighted by atomic mass is 16.4. The van der Waals surface area contributed by atoms with E-state index in [1.807, 2.05) is 24.3 Å². The van der Waals surface area contributed by atoms with Crippen molar-refractivity contribution in [3.8, 4) is 28.1 Å². The molecule has 37 heavy (non-hydrogen) atoms. The average molecular weight is 499 g/mol. The molecule has 4 rings (SSSR count). The van der Waals surface area contributed by atoms with Gasteiger partial charge in [-0.2, -0.15) is 0 Å². The zero-order valence-electron chi connectivity index (χ0n) is 19.5. The molecule has 186 valence electrons. The Morgan fingerprint density at radius 2 is 1.57 bits per heavy atom. The van der Waals surface area contributed by atoms with Crippen molar-refractivity contribution in [2.24, 2.45) is 0 Å². The number of aromatic carboxylic acids is 2. The fourth-order valence-electron chi connectivity index (χ4n) is 3.94. The Morgan fingerprint density at radius 3 is 2.19 bits per heavy atom. The topological polar surface area (TPSA) is 170 Å². The zero-order valence-corrected chi connectivity index (χ0v) is 19.5. The molecule has 1 aromatic heterocycles. The number of benzene rings is 3. The SMILES string of the molecule is CCC(=O)c1ccc(-c2ccccc2-c2cnc[nH]2)cc1NC(=O)c1cc(C(=O)O)c(O)cc1C(=O)O. The molecule has 0 aliphatic rings. The third kappa shape index (κ3) is 4.94. The number of phenols is 1. The number of aromatic hydroxyl groups is 1. The third-order valence-electron chi connectivity index (χ3n) is 5.76. The molecule has 0 radical (unpaired) electrons. The standard InChI is InChI=1S/C27H21N3O7/c1-2-23(31)17-8-7-14(15-5-3-4-6-16(15)22-12-28-13-29-22)9-21(17)30-25(33)18-10-20(27(36)37)24(32)11-19(18)26(34)35/h3-13,32H,2H2,1H3,(H,28,29)(H,30,33)(H,34,35)(H,36,37). The fraction of sp³-hybridized carbons (Fsp3) is 0.0741. The summed E-state index contributed by atoms with van der Waals surface area (Å²) < 4.78 is 0. The summed E-state index contributed by atoms with van der Waals surface area (Å²) in [5.74, 6) is -5.09. The number of nitrogens with zero attached hydrogens (tertiary/aromatic N) is 1. The van der Waals surface area contributed by atoms with Gasteiger partial charge in [-0.25, -0.2) is 14.6 Å². The van der Waals surface area contributed by atoms with Gasteiger partial charge in [-0.05, 0) is 35.4 Å². The van der Waals surface area contributed by atoms with Crippen LogP contribution in [-0.4, -0.2) is 48.9 Å². The van der Waals surface area contributed by atoms with Gasteiger partial charge in [0.2, 0.25) is 0 Å². The summed E-state index contributed by atoms with van der Waals surface area (Å²) in [5.41, 5.74) is 1.62. The van der Waals surface area contributed by atoms with Gasteiger partial charge in [-0.3, -0.25) is 9.59 Å². The molecule has 4 aromatic rings. The molecule has 0 aliphatic carbocycles. The number of H-pyrrole nitrogens is 1. The number of anilines is 1. The van der Waals surface area contributed by atoms with E-state index < -0.39 is 40.3 Å². The number of rotatable bonds is 8. The van der Waals surface area contributed by atoms with E-state index in [2.05, 4.69) is 15.3 Å². The minimum atomic E-state index is -1.54. The van der Waals surface area contributed by atoms with E-state index in [1.165, 1.54) is 0 Å². The highest BCUT2D eigenvalue weighted by molar-refractivity contribution is 6.14. The van der Waals surface area contributed by atoms with Gasteiger partial charge in [0.05, 0.1) is 35.0 Å². The summed E-state index contributed by atoms with van der Waals surface area (Å²) in [6.45, 7) is 1.66. The normalized spacial score (nSPS) is 10.6. The summed E-state index contributed by atoms with van der Waals surface area (Å²) >= 11 is 0. The van der Waals surface area contributed by atoms with Crippen LogP contribution in [0.25, 0.3) is 22.4 Å². The van der Waals surface area contributed by atoms with Crippen LogP contribution in [-0.2, 0) is 0 Å². The van der Waals surface area contributed by atoms with Crippen molar-refractivity contribution in [2.75, 3.05) is 5.32 Å². The lowest BCUT2D eigenvalue weighted by molar-refractivity contribution is 0.0676. The second kappa shape index (κ2) is 10.2. The van der Waals surface area contributed by atoms with E-state index in [-0.39, 0.29) is 23.5 Å². The molecule has 0 saturated carbocycles. The number of hydrogen-bond acceptors (Lipinski definition) is 6. The summed E-state index contributed by atoms with van der Waals surface area (Å²) in [6.07, 6.45) is 3.36. The minimum Gasteiger partial charge on any atom is -0.507 e. The van der Waals surface area contributed by atoms with Crippen molar-refractivity contribution in [3.05, 3.63) is 89.4 Å². The highest BCUT2D eigenvalue weighted by Crippen LogP contribution is 2.34. The van der Waals surface area contributed by atoms with Crippen LogP contribution in [0.15, 0.2) is 67.1 Å². The molecule has 0 atom stereocenters. The monoisotopic (exact) mass is 499 g/mol. The number of carboxylic acids is 2. The molecule has 0 spiro atoms. The number of nitrogens with one attached hydrogen (secondary N) is 2. The number of ketones is 1. The molecule has 0 aliphatic heterocycles. The maximum atomic E-state index is 13.2. The van der Waals surface area contributed by atoms with Crippen molar-refractivity contribution < 1.29 is 34.5 Å². The van der Waals surface area contributed by atoms with Gasteiger partial charge in [0.1, 0.15) is 11.3 Å². The van der Waals surface area contributed by atoms with Gasteiger partial charge in [0.15, 0.2) is 5.78 Å². The van der Waals surface area contributed by atoms with Gasteiger partial charge < -0.3 is 25.6 Å². The molecule has 0 unspecified atom stereocenters. The van der Waals surface area contributed by atoms with Crippen molar-refractivity contribution in [3.63, 3.8) is 0 Å². The Hall–Kier alpha value is -5.25. The van der Waals surface area contributed by atoms with Gasteiger partial charge in [-0.1, -0.05) is 37.3 Å². The summed E-state index contributed by atoms with van der Waals surface area (Å²) in [5, 5.41) is 31.3. The van der Waals surface area contributed by atoms with E-state index in [1.54, 1.807) is 37.6 Å². The largest absolute Gasteiger partial charge is 0.507 e. The first kappa shape index (κ1) is 24.9. The van der Waals surface area contributed by atoms with Crippen molar-refractivity contribution in [1.82, 2.24) is 9.97 Å². The highest BCUT2D eigenvalue weighted by Gasteiger charge is 2.24. The number of Topliss-reactive ketones (excluding diaryl/α,β-unsaturated/α-hetero) is 1. The lowest BCUT2D eigenvalue weighted by Crippen LogP contribution is -2.19. The van der Waals surface area contributed by atoms with E-state index >= 15 is 0 Å². The van der Waals surface area contributed by atoms with Crippen LogP contribution in [0.2, 0.25) is 0 Å². The predicted octanol–water partition coefficient (Wildman–Crippen LogP) is 4.69. The Bertz CT molecular complexity index is 1540. The third-order valence-corrected chi connectivity index (χ3v) is 5.76. The van der Waals surface area contributed by atoms with Gasteiger partial charge >= 0.3 is 11.9 Å². The molecule has 0 bridgehead atoms. The van der Waals surface area contributed by atoms with E-state index in [4.69, 9.17) is 0 Å². The molecular formula is C27H21N3O7. The number of carbonyl (C=O) groups excluding carboxylic acids is 2. The van der Waals surface area contributed by atoms with Crippen LogP contribution in [0.5, 0.6) is 5.75 Å². The number of imidazole rings is 1. The maximum absolute atomic E-state index is 13.2. The molecule has 10 nitrogen and oxygen atoms in total. The second-order valence-electron chi connectivity index (χ2n) is 8.03. The van der Waals surface area contributed by atoms with Crippen molar-refractivity contribution in [2.45, 2.75) is 13.3 Å². The Morgan fingerprint density at radius 1 is 0.865 bits per heavy atom. The minimum absolute atomic E-state index is 0.120. The van der Waals surface area contributed by atoms with E-state index in [0.717, 1.165) is 22.9 Å². The molecule has 5 N–H and O–H groups in total. The number of carbonyl (C=O) groups is 4. The number of aromatic nitrogens is 2. The number of aromatic amines is 1. The van der Waals surface area contributed by atoms with Crippen molar-refractivity contribution in [1.29, 1.82) is 0 Å². The molecule has 1 amide bonds. The number of amides is 1. The van der Waals surface area contributed by atoms with E-state index in [0.29, 0.717) is 11.6 Å². The lowest BCUT2D eigenvalue weighted by atomic mass is 9.95. The Kier molecular flexibility index (Phi) is 6.83.